The van der Waals surface area contributed by atoms with Crippen molar-refractivity contribution in [2.45, 2.75) is 38.2 Å². The van der Waals surface area contributed by atoms with Crippen LogP contribution in [-0.2, 0) is 9.53 Å². The monoisotopic (exact) mass is 182 g/mol. The van der Waals surface area contributed by atoms with Crippen molar-refractivity contribution in [3.63, 3.8) is 0 Å². The second-order valence-corrected chi connectivity index (χ2v) is 3.83. The summed E-state index contributed by atoms with van der Waals surface area (Å²) in [5, 5.41) is 8.79. The molecule has 1 aliphatic heterocycles. The summed E-state index contributed by atoms with van der Waals surface area (Å²) in [5.74, 6) is -0.369. The maximum absolute atomic E-state index is 10.7. The molecule has 3 heteroatoms. The molecule has 1 aliphatic carbocycles. The molecule has 1 N–H and O–H groups in total. The van der Waals surface area contributed by atoms with E-state index in [1.165, 1.54) is 25.5 Å². The van der Waals surface area contributed by atoms with Gasteiger partial charge in [0.25, 0.3) is 0 Å². The standard InChI is InChI=1S/C10H14O3/c11-10(12)8-6-13-9(8)7-4-2-1-3-5-7/h6-7,9H,1-5H2,(H,11,12). The molecule has 0 spiro atoms. The van der Waals surface area contributed by atoms with E-state index in [1.54, 1.807) is 0 Å². The summed E-state index contributed by atoms with van der Waals surface area (Å²) in [7, 11) is 0. The Bertz CT molecular complexity index is 239. The van der Waals surface area contributed by atoms with Crippen molar-refractivity contribution >= 4 is 5.97 Å². The first kappa shape index (κ1) is 8.60. The third-order valence-corrected chi connectivity index (χ3v) is 2.97. The molecule has 72 valence electrons. The highest BCUT2D eigenvalue weighted by atomic mass is 16.5. The van der Waals surface area contributed by atoms with E-state index < -0.39 is 5.97 Å². The predicted molar refractivity (Wildman–Crippen MR) is 47.2 cm³/mol. The molecule has 0 aromatic carbocycles. The summed E-state index contributed by atoms with van der Waals surface area (Å²) in [4.78, 5) is 10.7. The van der Waals surface area contributed by atoms with Gasteiger partial charge in [-0.25, -0.2) is 4.79 Å². The summed E-state index contributed by atoms with van der Waals surface area (Å²) in [5.41, 5.74) is 0.465. The van der Waals surface area contributed by atoms with Crippen LogP contribution in [0.25, 0.3) is 0 Å². The van der Waals surface area contributed by atoms with Gasteiger partial charge in [0.05, 0.1) is 6.26 Å². The van der Waals surface area contributed by atoms with Crippen molar-refractivity contribution in [2.24, 2.45) is 5.92 Å². The SMILES string of the molecule is O=C(O)C1=COC1C1CCCCC1. The van der Waals surface area contributed by atoms with Crippen molar-refractivity contribution in [3.8, 4) is 0 Å². The van der Waals surface area contributed by atoms with Crippen molar-refractivity contribution in [3.05, 3.63) is 11.8 Å². The summed E-state index contributed by atoms with van der Waals surface area (Å²) < 4.78 is 5.20. The Morgan fingerprint density at radius 2 is 2.08 bits per heavy atom. The number of ether oxygens (including phenoxy) is 1. The molecule has 0 radical (unpaired) electrons. The molecule has 3 nitrogen and oxygen atoms in total. The molecule has 1 heterocycles. The fraction of sp³-hybridized carbons (Fsp3) is 0.700. The first-order chi connectivity index (χ1) is 6.29. The van der Waals surface area contributed by atoms with E-state index in [4.69, 9.17) is 9.84 Å². The molecule has 0 amide bonds. The zero-order valence-corrected chi connectivity index (χ0v) is 7.53. The number of hydrogen-bond acceptors (Lipinski definition) is 2. The van der Waals surface area contributed by atoms with E-state index >= 15 is 0 Å². The Labute approximate surface area is 77.4 Å². The van der Waals surface area contributed by atoms with Crippen molar-refractivity contribution in [1.82, 2.24) is 0 Å². The van der Waals surface area contributed by atoms with Crippen LogP contribution in [-0.4, -0.2) is 17.2 Å². The molecule has 2 aliphatic rings. The zero-order valence-electron chi connectivity index (χ0n) is 7.53. The van der Waals surface area contributed by atoms with Gasteiger partial charge in [0.15, 0.2) is 0 Å². The topological polar surface area (TPSA) is 46.5 Å². The number of rotatable bonds is 2. The largest absolute Gasteiger partial charge is 0.492 e. The number of hydrogen-bond donors (Lipinski definition) is 1. The Hall–Kier alpha value is -0.990. The van der Waals surface area contributed by atoms with Gasteiger partial charge in [-0.1, -0.05) is 19.3 Å². The van der Waals surface area contributed by atoms with E-state index in [1.807, 2.05) is 0 Å². The molecule has 1 atom stereocenters. The Morgan fingerprint density at radius 1 is 1.38 bits per heavy atom. The van der Waals surface area contributed by atoms with Crippen LogP contribution in [0, 0.1) is 5.92 Å². The molecule has 1 fully saturated rings. The Morgan fingerprint density at radius 3 is 2.54 bits per heavy atom. The van der Waals surface area contributed by atoms with Crippen LogP contribution in [0.2, 0.25) is 0 Å². The summed E-state index contributed by atoms with van der Waals surface area (Å²) in [6, 6.07) is 0. The molecular formula is C10H14O3. The fourth-order valence-corrected chi connectivity index (χ4v) is 2.19. The summed E-state index contributed by atoms with van der Waals surface area (Å²) in [6.07, 6.45) is 7.23. The maximum atomic E-state index is 10.7. The van der Waals surface area contributed by atoms with Crippen molar-refractivity contribution < 1.29 is 14.6 Å². The van der Waals surface area contributed by atoms with Crippen LogP contribution < -0.4 is 0 Å². The molecule has 2 rings (SSSR count). The normalized spacial score (nSPS) is 28.6. The molecule has 1 unspecified atom stereocenters. The van der Waals surface area contributed by atoms with Crippen LogP contribution in [0.4, 0.5) is 0 Å². The number of carboxylic acids is 1. The lowest BCUT2D eigenvalue weighted by Crippen LogP contribution is -2.35. The van der Waals surface area contributed by atoms with E-state index in [0.717, 1.165) is 12.8 Å². The summed E-state index contributed by atoms with van der Waals surface area (Å²) >= 11 is 0. The molecule has 0 aromatic heterocycles. The van der Waals surface area contributed by atoms with Crippen molar-refractivity contribution in [1.29, 1.82) is 0 Å². The highest BCUT2D eigenvalue weighted by Gasteiger charge is 2.36. The number of aliphatic carboxylic acids is 1. The van der Waals surface area contributed by atoms with Gasteiger partial charge in [0, 0.05) is 5.92 Å². The second kappa shape index (κ2) is 3.40. The highest BCUT2D eigenvalue weighted by Crippen LogP contribution is 2.35. The maximum Gasteiger partial charge on any atom is 0.338 e. The van der Waals surface area contributed by atoms with Gasteiger partial charge < -0.3 is 9.84 Å². The lowest BCUT2D eigenvalue weighted by atomic mass is 9.81. The van der Waals surface area contributed by atoms with Crippen LogP contribution in [0.1, 0.15) is 32.1 Å². The highest BCUT2D eigenvalue weighted by molar-refractivity contribution is 5.88. The Balaban J connectivity index is 1.95. The second-order valence-electron chi connectivity index (χ2n) is 3.83. The average Bonchev–Trinajstić information content (AvgIpc) is 2.02. The predicted octanol–water partition coefficient (Wildman–Crippen LogP) is 1.93. The smallest absolute Gasteiger partial charge is 0.338 e. The molecule has 0 bridgehead atoms. The van der Waals surface area contributed by atoms with E-state index in [0.29, 0.717) is 11.5 Å². The van der Waals surface area contributed by atoms with Crippen LogP contribution >= 0.6 is 0 Å². The minimum Gasteiger partial charge on any atom is -0.492 e. The van der Waals surface area contributed by atoms with Crippen LogP contribution in [0.3, 0.4) is 0 Å². The van der Waals surface area contributed by atoms with Crippen LogP contribution in [0.15, 0.2) is 11.8 Å². The summed E-state index contributed by atoms with van der Waals surface area (Å²) in [6.45, 7) is 0. The van der Waals surface area contributed by atoms with Crippen LogP contribution in [0.5, 0.6) is 0 Å². The van der Waals surface area contributed by atoms with E-state index in [-0.39, 0.29) is 6.10 Å². The van der Waals surface area contributed by atoms with Gasteiger partial charge in [-0.3, -0.25) is 0 Å². The Kier molecular flexibility index (Phi) is 2.25. The third-order valence-electron chi connectivity index (χ3n) is 2.97. The van der Waals surface area contributed by atoms with Gasteiger partial charge in [-0.15, -0.1) is 0 Å². The average molecular weight is 182 g/mol. The van der Waals surface area contributed by atoms with Gasteiger partial charge >= 0.3 is 5.97 Å². The molecule has 1 saturated carbocycles. The van der Waals surface area contributed by atoms with Gasteiger partial charge in [0.2, 0.25) is 0 Å². The van der Waals surface area contributed by atoms with Gasteiger partial charge in [0.1, 0.15) is 11.7 Å². The first-order valence-corrected chi connectivity index (χ1v) is 4.88. The number of carboxylic acid groups (broad SMARTS) is 1. The molecule has 0 aromatic rings. The molecule has 13 heavy (non-hydrogen) atoms. The lowest BCUT2D eigenvalue weighted by Gasteiger charge is -2.34. The van der Waals surface area contributed by atoms with E-state index in [9.17, 15) is 4.79 Å². The van der Waals surface area contributed by atoms with Crippen molar-refractivity contribution in [2.75, 3.05) is 0 Å². The number of carbonyl (C=O) groups is 1. The lowest BCUT2D eigenvalue weighted by molar-refractivity contribution is -0.136. The van der Waals surface area contributed by atoms with Gasteiger partial charge in [-0.05, 0) is 12.8 Å². The fourth-order valence-electron chi connectivity index (χ4n) is 2.19. The first-order valence-electron chi connectivity index (χ1n) is 4.88. The minimum atomic E-state index is -0.818. The zero-order chi connectivity index (χ0) is 9.26. The van der Waals surface area contributed by atoms with E-state index in [2.05, 4.69) is 0 Å². The third kappa shape index (κ3) is 1.55. The molecular weight excluding hydrogens is 168 g/mol. The molecule has 0 saturated heterocycles. The quantitative estimate of drug-likeness (QED) is 0.709. The van der Waals surface area contributed by atoms with Gasteiger partial charge in [-0.2, -0.15) is 0 Å². The minimum absolute atomic E-state index is 0.113.